The number of amides is 2. The van der Waals surface area contributed by atoms with Crippen LogP contribution in [0.4, 0.5) is 0 Å². The molecule has 96 valence electrons. The number of hydrogen-bond acceptors (Lipinski definition) is 3. The molecule has 0 aromatic carbocycles. The molecule has 1 aliphatic rings. The minimum absolute atomic E-state index is 0.129. The molecule has 1 aromatic heterocycles. The maximum absolute atomic E-state index is 11.9. The summed E-state index contributed by atoms with van der Waals surface area (Å²) >= 11 is 5.80. The molecule has 0 aliphatic heterocycles. The summed E-state index contributed by atoms with van der Waals surface area (Å²) in [7, 11) is 0. The second-order valence-electron chi connectivity index (χ2n) is 4.32. The highest BCUT2D eigenvalue weighted by molar-refractivity contribution is 6.32. The molecule has 1 aliphatic carbocycles. The minimum Gasteiger partial charge on any atom is -0.352 e. The zero-order valence-corrected chi connectivity index (χ0v) is 10.7. The molecule has 1 saturated carbocycles. The molecule has 1 atom stereocenters. The largest absolute Gasteiger partial charge is 0.352 e. The Morgan fingerprint density at radius 3 is 2.83 bits per heavy atom. The Bertz CT molecular complexity index is 474. The Morgan fingerprint density at radius 1 is 1.50 bits per heavy atom. The van der Waals surface area contributed by atoms with Gasteiger partial charge in [-0.15, -0.1) is 0 Å². The quantitative estimate of drug-likeness (QED) is 0.804. The molecule has 2 N–H and O–H groups in total. The van der Waals surface area contributed by atoms with Gasteiger partial charge in [0.25, 0.3) is 5.91 Å². The predicted molar refractivity (Wildman–Crippen MR) is 67.3 cm³/mol. The Kier molecular flexibility index (Phi) is 3.81. The molecule has 1 unspecified atom stereocenters. The second kappa shape index (κ2) is 5.35. The lowest BCUT2D eigenvalue weighted by Crippen LogP contribution is -2.45. The Labute approximate surface area is 110 Å². The fraction of sp³-hybridized carbons (Fsp3) is 0.417. The van der Waals surface area contributed by atoms with Gasteiger partial charge in [0.15, 0.2) is 0 Å². The fourth-order valence-electron chi connectivity index (χ4n) is 1.45. The highest BCUT2D eigenvalue weighted by Gasteiger charge is 2.26. The first kappa shape index (κ1) is 12.8. The molecule has 2 rings (SSSR count). The molecule has 0 radical (unpaired) electrons. The number of carbonyl (C=O) groups is 2. The molecule has 6 heteroatoms. The molecular formula is C12H14ClN3O2. The molecule has 2 amide bonds. The van der Waals surface area contributed by atoms with Crippen LogP contribution in [0.3, 0.4) is 0 Å². The molecule has 1 heterocycles. The number of rotatable bonds is 4. The first-order valence-corrected chi connectivity index (χ1v) is 6.17. The summed E-state index contributed by atoms with van der Waals surface area (Å²) < 4.78 is 0. The van der Waals surface area contributed by atoms with Crippen molar-refractivity contribution in [2.75, 3.05) is 0 Å². The van der Waals surface area contributed by atoms with Gasteiger partial charge in [0.2, 0.25) is 5.91 Å². The van der Waals surface area contributed by atoms with Gasteiger partial charge in [-0.25, -0.2) is 4.98 Å². The molecule has 0 bridgehead atoms. The van der Waals surface area contributed by atoms with Gasteiger partial charge >= 0.3 is 0 Å². The normalized spacial score (nSPS) is 15.9. The van der Waals surface area contributed by atoms with Crippen molar-refractivity contribution in [2.45, 2.75) is 31.8 Å². The SMILES string of the molecule is CC(NC(=O)c1cccnc1Cl)C(=O)NC1CC1. The number of hydrogen-bond donors (Lipinski definition) is 2. The monoisotopic (exact) mass is 267 g/mol. The van der Waals surface area contributed by atoms with Crippen molar-refractivity contribution in [3.05, 3.63) is 29.0 Å². The maximum atomic E-state index is 11.9. The lowest BCUT2D eigenvalue weighted by atomic mass is 10.2. The topological polar surface area (TPSA) is 71.1 Å². The van der Waals surface area contributed by atoms with E-state index in [4.69, 9.17) is 11.6 Å². The molecule has 1 fully saturated rings. The van der Waals surface area contributed by atoms with Crippen molar-refractivity contribution in [1.29, 1.82) is 0 Å². The smallest absolute Gasteiger partial charge is 0.255 e. The Morgan fingerprint density at radius 2 is 2.22 bits per heavy atom. The van der Waals surface area contributed by atoms with Gasteiger partial charge < -0.3 is 10.6 Å². The Hall–Kier alpha value is -1.62. The summed E-state index contributed by atoms with van der Waals surface area (Å²) in [6.07, 6.45) is 3.53. The van der Waals surface area contributed by atoms with Crippen LogP contribution in [0.25, 0.3) is 0 Å². The number of carbonyl (C=O) groups excluding carboxylic acids is 2. The average molecular weight is 268 g/mol. The van der Waals surface area contributed by atoms with E-state index >= 15 is 0 Å². The van der Waals surface area contributed by atoms with Gasteiger partial charge in [-0.1, -0.05) is 11.6 Å². The number of aromatic nitrogens is 1. The van der Waals surface area contributed by atoms with Crippen LogP contribution in [0.15, 0.2) is 18.3 Å². The highest BCUT2D eigenvalue weighted by Crippen LogP contribution is 2.18. The van der Waals surface area contributed by atoms with E-state index in [0.717, 1.165) is 12.8 Å². The Balaban J connectivity index is 1.94. The van der Waals surface area contributed by atoms with Crippen LogP contribution >= 0.6 is 11.6 Å². The van der Waals surface area contributed by atoms with Gasteiger partial charge in [0, 0.05) is 12.2 Å². The minimum atomic E-state index is -0.589. The van der Waals surface area contributed by atoms with Crippen molar-refractivity contribution in [2.24, 2.45) is 0 Å². The third-order valence-electron chi connectivity index (χ3n) is 2.67. The summed E-state index contributed by atoms with van der Waals surface area (Å²) in [6.45, 7) is 1.64. The first-order chi connectivity index (χ1) is 8.58. The molecule has 1 aromatic rings. The maximum Gasteiger partial charge on any atom is 0.255 e. The van der Waals surface area contributed by atoms with Gasteiger partial charge in [0.05, 0.1) is 5.56 Å². The van der Waals surface area contributed by atoms with Crippen LogP contribution < -0.4 is 10.6 Å². The fourth-order valence-corrected chi connectivity index (χ4v) is 1.65. The van der Waals surface area contributed by atoms with Crippen LogP contribution in [0.5, 0.6) is 0 Å². The van der Waals surface area contributed by atoms with Crippen molar-refractivity contribution >= 4 is 23.4 Å². The van der Waals surface area contributed by atoms with Crippen LogP contribution in [0.1, 0.15) is 30.1 Å². The summed E-state index contributed by atoms with van der Waals surface area (Å²) in [6, 6.07) is 2.87. The lowest BCUT2D eigenvalue weighted by molar-refractivity contribution is -0.122. The zero-order valence-electron chi connectivity index (χ0n) is 9.94. The molecule has 0 saturated heterocycles. The summed E-state index contributed by atoms with van der Waals surface area (Å²) in [4.78, 5) is 27.4. The number of nitrogens with one attached hydrogen (secondary N) is 2. The van der Waals surface area contributed by atoms with E-state index in [1.54, 1.807) is 19.1 Å². The van der Waals surface area contributed by atoms with E-state index in [2.05, 4.69) is 15.6 Å². The molecule has 5 nitrogen and oxygen atoms in total. The third-order valence-corrected chi connectivity index (χ3v) is 2.97. The van der Waals surface area contributed by atoms with E-state index in [1.807, 2.05) is 0 Å². The van der Waals surface area contributed by atoms with Crippen molar-refractivity contribution in [1.82, 2.24) is 15.6 Å². The van der Waals surface area contributed by atoms with Crippen LogP contribution in [-0.2, 0) is 4.79 Å². The molecule has 0 spiro atoms. The van der Waals surface area contributed by atoms with Gasteiger partial charge in [-0.3, -0.25) is 9.59 Å². The van der Waals surface area contributed by atoms with Gasteiger partial charge in [-0.2, -0.15) is 0 Å². The zero-order chi connectivity index (χ0) is 13.1. The summed E-state index contributed by atoms with van der Waals surface area (Å²) in [5, 5.41) is 5.55. The third kappa shape index (κ3) is 3.20. The van der Waals surface area contributed by atoms with E-state index in [1.165, 1.54) is 6.20 Å². The standard InChI is InChI=1S/C12H14ClN3O2/c1-7(11(17)16-8-4-5-8)15-12(18)9-3-2-6-14-10(9)13/h2-3,6-8H,4-5H2,1H3,(H,15,18)(H,16,17). The van der Waals surface area contributed by atoms with E-state index in [9.17, 15) is 9.59 Å². The van der Waals surface area contributed by atoms with Crippen LogP contribution in [0.2, 0.25) is 5.15 Å². The van der Waals surface area contributed by atoms with Gasteiger partial charge in [0.1, 0.15) is 11.2 Å². The van der Waals surface area contributed by atoms with E-state index in [0.29, 0.717) is 0 Å². The summed E-state index contributed by atoms with van der Waals surface area (Å²) in [5.74, 6) is -0.572. The van der Waals surface area contributed by atoms with Crippen LogP contribution in [0, 0.1) is 0 Å². The van der Waals surface area contributed by atoms with Crippen molar-refractivity contribution in [3.63, 3.8) is 0 Å². The van der Waals surface area contributed by atoms with Gasteiger partial charge in [-0.05, 0) is 31.9 Å². The molecule has 18 heavy (non-hydrogen) atoms. The summed E-state index contributed by atoms with van der Waals surface area (Å²) in [5.41, 5.74) is 0.269. The lowest BCUT2D eigenvalue weighted by Gasteiger charge is -2.14. The highest BCUT2D eigenvalue weighted by atomic mass is 35.5. The number of pyridine rings is 1. The second-order valence-corrected chi connectivity index (χ2v) is 4.68. The van der Waals surface area contributed by atoms with Crippen molar-refractivity contribution < 1.29 is 9.59 Å². The first-order valence-electron chi connectivity index (χ1n) is 5.79. The van der Waals surface area contributed by atoms with E-state index in [-0.39, 0.29) is 22.7 Å². The van der Waals surface area contributed by atoms with E-state index < -0.39 is 11.9 Å². The average Bonchev–Trinajstić information content (AvgIpc) is 3.13. The number of nitrogens with zero attached hydrogens (tertiary/aromatic N) is 1. The van der Waals surface area contributed by atoms with Crippen LogP contribution in [-0.4, -0.2) is 28.9 Å². The predicted octanol–water partition coefficient (Wildman–Crippen LogP) is 1.13. The van der Waals surface area contributed by atoms with Crippen molar-refractivity contribution in [3.8, 4) is 0 Å². The molecular weight excluding hydrogens is 254 g/mol. The number of halogens is 1.